The van der Waals surface area contributed by atoms with Gasteiger partial charge in [-0.15, -0.1) is 0 Å². The first-order valence-electron chi connectivity index (χ1n) is 11.0. The van der Waals surface area contributed by atoms with E-state index in [2.05, 4.69) is 19.6 Å². The van der Waals surface area contributed by atoms with E-state index in [-0.39, 0.29) is 0 Å². The van der Waals surface area contributed by atoms with Gasteiger partial charge >= 0.3 is 0 Å². The van der Waals surface area contributed by atoms with Crippen molar-refractivity contribution in [3.05, 3.63) is 24.3 Å². The number of rotatable bonds is 9. The molecule has 25 heavy (non-hydrogen) atoms. The molecule has 0 spiro atoms. The molecule has 2 aliphatic carbocycles. The molecule has 2 fully saturated rings. The molecule has 0 aromatic carbocycles. The third-order valence-corrected chi connectivity index (χ3v) is 6.89. The predicted octanol–water partition coefficient (Wildman–Crippen LogP) is 7.60. The summed E-state index contributed by atoms with van der Waals surface area (Å²) in [7, 11) is 0. The standard InChI is InChI=1S/C24H39N/c1-3-4-6-9-21-11-15-23(16-12-21)20(2)24-17-13-22(14-18-24)10-7-5-8-19-25/h5,8,21-24H,2-4,6-7,9-18H2,1H3. The van der Waals surface area contributed by atoms with Crippen molar-refractivity contribution in [1.82, 2.24) is 0 Å². The minimum Gasteiger partial charge on any atom is -0.193 e. The van der Waals surface area contributed by atoms with Gasteiger partial charge in [-0.1, -0.05) is 50.8 Å². The molecule has 1 heteroatoms. The van der Waals surface area contributed by atoms with E-state index in [1.54, 1.807) is 11.6 Å². The van der Waals surface area contributed by atoms with E-state index in [1.165, 1.54) is 83.5 Å². The molecule has 0 aromatic rings. The van der Waals surface area contributed by atoms with Gasteiger partial charge in [-0.05, 0) is 87.9 Å². The van der Waals surface area contributed by atoms with E-state index < -0.39 is 0 Å². The van der Waals surface area contributed by atoms with Crippen molar-refractivity contribution in [2.75, 3.05) is 0 Å². The monoisotopic (exact) mass is 341 g/mol. The number of allylic oxidation sites excluding steroid dienone is 3. The van der Waals surface area contributed by atoms with Gasteiger partial charge in [-0.3, -0.25) is 0 Å². The van der Waals surface area contributed by atoms with Gasteiger partial charge in [0, 0.05) is 6.08 Å². The summed E-state index contributed by atoms with van der Waals surface area (Å²) < 4.78 is 0. The Bertz CT molecular complexity index is 439. The van der Waals surface area contributed by atoms with Gasteiger partial charge in [0.15, 0.2) is 0 Å². The van der Waals surface area contributed by atoms with Gasteiger partial charge < -0.3 is 0 Å². The Morgan fingerprint density at radius 2 is 1.48 bits per heavy atom. The van der Waals surface area contributed by atoms with Crippen LogP contribution in [0.3, 0.4) is 0 Å². The van der Waals surface area contributed by atoms with Crippen LogP contribution in [0.15, 0.2) is 24.3 Å². The summed E-state index contributed by atoms with van der Waals surface area (Å²) in [5, 5.41) is 8.55. The fraction of sp³-hybridized carbons (Fsp3) is 0.792. The lowest BCUT2D eigenvalue weighted by Crippen LogP contribution is -2.23. The number of unbranched alkanes of at least 4 members (excludes halogenated alkanes) is 2. The van der Waals surface area contributed by atoms with Gasteiger partial charge in [-0.25, -0.2) is 0 Å². The molecule has 0 saturated heterocycles. The summed E-state index contributed by atoms with van der Waals surface area (Å²) in [6.07, 6.45) is 22.9. The first kappa shape index (κ1) is 20.3. The maximum Gasteiger partial charge on any atom is 0.0908 e. The molecular formula is C24H39N. The molecule has 1 nitrogen and oxygen atoms in total. The Morgan fingerprint density at radius 3 is 2.00 bits per heavy atom. The van der Waals surface area contributed by atoms with E-state index in [4.69, 9.17) is 5.26 Å². The van der Waals surface area contributed by atoms with Crippen LogP contribution in [0.4, 0.5) is 0 Å². The number of nitrogens with zero attached hydrogens (tertiary/aromatic N) is 1. The zero-order chi connectivity index (χ0) is 17.9. The normalized spacial score (nSPS) is 30.2. The smallest absolute Gasteiger partial charge is 0.0908 e. The minimum atomic E-state index is 0.799. The molecule has 0 radical (unpaired) electrons. The highest BCUT2D eigenvalue weighted by Gasteiger charge is 2.29. The van der Waals surface area contributed by atoms with Crippen LogP contribution in [0, 0.1) is 35.0 Å². The zero-order valence-corrected chi connectivity index (χ0v) is 16.5. The molecule has 0 N–H and O–H groups in total. The number of hydrogen-bond acceptors (Lipinski definition) is 1. The van der Waals surface area contributed by atoms with Gasteiger partial charge in [-0.2, -0.15) is 5.26 Å². The van der Waals surface area contributed by atoms with Crippen LogP contribution in [0.1, 0.15) is 96.8 Å². The van der Waals surface area contributed by atoms with Crippen molar-refractivity contribution in [2.24, 2.45) is 23.7 Å². The zero-order valence-electron chi connectivity index (χ0n) is 16.5. The molecule has 0 unspecified atom stereocenters. The Morgan fingerprint density at radius 1 is 0.920 bits per heavy atom. The Kier molecular flexibility index (Phi) is 9.38. The second kappa shape index (κ2) is 11.6. The lowest BCUT2D eigenvalue weighted by atomic mass is 9.70. The second-order valence-corrected chi connectivity index (χ2v) is 8.61. The average molecular weight is 342 g/mol. The molecule has 2 saturated carbocycles. The first-order valence-corrected chi connectivity index (χ1v) is 11.0. The summed E-state index contributed by atoms with van der Waals surface area (Å²) in [5.74, 6) is 3.50. The van der Waals surface area contributed by atoms with Gasteiger partial charge in [0.25, 0.3) is 0 Å². The molecule has 0 atom stereocenters. The Labute approximate surface area is 156 Å². The van der Waals surface area contributed by atoms with Crippen LogP contribution in [0.25, 0.3) is 0 Å². The molecule has 0 amide bonds. The highest BCUT2D eigenvalue weighted by atomic mass is 14.3. The Balaban J connectivity index is 1.64. The van der Waals surface area contributed by atoms with Crippen LogP contribution in [-0.4, -0.2) is 0 Å². The molecule has 140 valence electrons. The van der Waals surface area contributed by atoms with Crippen molar-refractivity contribution in [2.45, 2.75) is 96.8 Å². The average Bonchev–Trinajstić information content (AvgIpc) is 2.66. The molecule has 0 aliphatic heterocycles. The molecule has 2 aliphatic rings. The fourth-order valence-corrected chi connectivity index (χ4v) is 5.13. The predicted molar refractivity (Wildman–Crippen MR) is 108 cm³/mol. The summed E-state index contributed by atoms with van der Waals surface area (Å²) in [6.45, 7) is 6.87. The molecule has 2 rings (SSSR count). The van der Waals surface area contributed by atoms with E-state index in [1.807, 2.05) is 6.08 Å². The SMILES string of the molecule is C=C(C1CCC(CCC=CC#N)CC1)C1CCC(CCCCC)CC1. The van der Waals surface area contributed by atoms with Crippen LogP contribution in [-0.2, 0) is 0 Å². The summed E-state index contributed by atoms with van der Waals surface area (Å²) in [4.78, 5) is 0. The second-order valence-electron chi connectivity index (χ2n) is 8.61. The van der Waals surface area contributed by atoms with E-state index in [0.717, 1.165) is 30.1 Å². The van der Waals surface area contributed by atoms with Crippen molar-refractivity contribution >= 4 is 0 Å². The largest absolute Gasteiger partial charge is 0.193 e. The highest BCUT2D eigenvalue weighted by Crippen LogP contribution is 2.42. The number of hydrogen-bond donors (Lipinski definition) is 0. The molecule has 0 heterocycles. The maximum atomic E-state index is 8.55. The van der Waals surface area contributed by atoms with Gasteiger partial charge in [0.2, 0.25) is 0 Å². The van der Waals surface area contributed by atoms with Crippen molar-refractivity contribution in [3.63, 3.8) is 0 Å². The topological polar surface area (TPSA) is 23.8 Å². The van der Waals surface area contributed by atoms with Gasteiger partial charge in [0.05, 0.1) is 6.07 Å². The summed E-state index contributed by atoms with van der Waals surface area (Å²) in [6, 6.07) is 2.09. The van der Waals surface area contributed by atoms with E-state index >= 15 is 0 Å². The third-order valence-electron chi connectivity index (χ3n) is 6.89. The maximum absolute atomic E-state index is 8.55. The lowest BCUT2D eigenvalue weighted by Gasteiger charge is -2.36. The van der Waals surface area contributed by atoms with E-state index in [0.29, 0.717) is 0 Å². The number of nitriles is 1. The van der Waals surface area contributed by atoms with Crippen LogP contribution >= 0.6 is 0 Å². The fourth-order valence-electron chi connectivity index (χ4n) is 5.13. The first-order chi connectivity index (χ1) is 12.2. The van der Waals surface area contributed by atoms with Crippen LogP contribution in [0.2, 0.25) is 0 Å². The van der Waals surface area contributed by atoms with Gasteiger partial charge in [0.1, 0.15) is 0 Å². The van der Waals surface area contributed by atoms with Crippen molar-refractivity contribution in [1.29, 1.82) is 5.26 Å². The molecule has 0 bridgehead atoms. The molecule has 0 aromatic heterocycles. The quantitative estimate of drug-likeness (QED) is 0.241. The molecular weight excluding hydrogens is 302 g/mol. The summed E-state index contributed by atoms with van der Waals surface area (Å²) >= 11 is 0. The highest BCUT2D eigenvalue weighted by molar-refractivity contribution is 5.08. The lowest BCUT2D eigenvalue weighted by molar-refractivity contribution is 0.239. The third kappa shape index (κ3) is 7.01. The minimum absolute atomic E-state index is 0.799. The van der Waals surface area contributed by atoms with Crippen molar-refractivity contribution in [3.8, 4) is 6.07 Å². The van der Waals surface area contributed by atoms with Crippen LogP contribution < -0.4 is 0 Å². The van der Waals surface area contributed by atoms with Crippen LogP contribution in [0.5, 0.6) is 0 Å². The van der Waals surface area contributed by atoms with E-state index in [9.17, 15) is 0 Å². The van der Waals surface area contributed by atoms with Crippen molar-refractivity contribution < 1.29 is 0 Å². The summed E-state index contributed by atoms with van der Waals surface area (Å²) in [5.41, 5.74) is 1.61. The Hall–Kier alpha value is -1.03.